The maximum absolute atomic E-state index is 14.1. The van der Waals surface area contributed by atoms with Crippen molar-refractivity contribution in [3.63, 3.8) is 0 Å². The summed E-state index contributed by atoms with van der Waals surface area (Å²) in [7, 11) is 5.30. The number of likely N-dealkylation sites (N-methyl/N-ethyl adjacent to an activating group) is 1. The van der Waals surface area contributed by atoms with E-state index in [1.54, 1.807) is 34.6 Å². The van der Waals surface area contributed by atoms with Crippen molar-refractivity contribution in [1.82, 2.24) is 4.90 Å². The molecule has 3 fully saturated rings. The molecule has 3 saturated heterocycles. The van der Waals surface area contributed by atoms with Crippen LogP contribution in [-0.2, 0) is 47.6 Å². The number of hydrogen-bond acceptors (Lipinski definition) is 12. The van der Waals surface area contributed by atoms with Crippen LogP contribution in [-0.4, -0.2) is 109 Å². The first-order valence-corrected chi connectivity index (χ1v) is 16.6. The van der Waals surface area contributed by atoms with Gasteiger partial charge < -0.3 is 38.4 Å². The summed E-state index contributed by atoms with van der Waals surface area (Å²) in [5.41, 5.74) is -2.39. The summed E-state index contributed by atoms with van der Waals surface area (Å²) in [5, 5.41) is 11.7. The smallest absolute Gasteiger partial charge is 0.311 e. The summed E-state index contributed by atoms with van der Waals surface area (Å²) in [6.45, 7) is 15.5. The topological polar surface area (TPSA) is 147 Å². The number of aliphatic hydroxyl groups is 1. The molecule has 3 aliphatic rings. The van der Waals surface area contributed by atoms with Crippen LogP contribution in [0.4, 0.5) is 0 Å². The molecule has 3 heterocycles. The summed E-state index contributed by atoms with van der Waals surface area (Å²) < 4.78 is 36.7. The number of esters is 3. The molecule has 0 bridgehead atoms. The first-order chi connectivity index (χ1) is 21.3. The Bertz CT molecular complexity index is 1110. The van der Waals surface area contributed by atoms with Gasteiger partial charge in [-0.05, 0) is 61.1 Å². The Morgan fingerprint density at radius 2 is 1.70 bits per heavy atom. The minimum Gasteiger partial charge on any atom is -0.458 e. The molecule has 0 radical (unpaired) electrons. The first kappa shape index (κ1) is 38.3. The van der Waals surface area contributed by atoms with E-state index in [1.807, 2.05) is 39.8 Å². The number of ether oxygens (including phenoxy) is 6. The second-order valence-electron chi connectivity index (χ2n) is 14.5. The maximum atomic E-state index is 14.1. The van der Waals surface area contributed by atoms with Gasteiger partial charge in [-0.1, -0.05) is 27.7 Å². The second kappa shape index (κ2) is 15.0. The second-order valence-corrected chi connectivity index (χ2v) is 14.5. The minimum absolute atomic E-state index is 0.0223. The monoisotopic (exact) mass is 655 g/mol. The van der Waals surface area contributed by atoms with E-state index in [2.05, 4.69) is 0 Å². The van der Waals surface area contributed by atoms with Crippen molar-refractivity contribution in [3.8, 4) is 0 Å². The number of rotatable bonds is 6. The summed E-state index contributed by atoms with van der Waals surface area (Å²) in [6, 6.07) is -0.225. The molecule has 14 atom stereocenters. The molecule has 1 N–H and O–H groups in total. The minimum atomic E-state index is -1.27. The number of hydrogen-bond donors (Lipinski definition) is 1. The standard InChI is InChI=1S/C34H57NO11/c1-13-25-34(9)23(15-26(37)46-34)19(4)27(38)17(2)16-33(8,41-12)30(20(5)28(39)21(6)31(40)44-25)45-32-29(43-22(7)36)24(35(10)11)14-18(3)42-32/h17-21,23-25,28-30,32,39H,13-16H2,1-12H3/t17-,18-,19-,20+,21-,23-,24+,25-,28+,29-,30-,32+,33-,34+/m1/s1. The zero-order valence-electron chi connectivity index (χ0n) is 29.7. The highest BCUT2D eigenvalue weighted by atomic mass is 16.7. The number of aliphatic hydroxyl groups excluding tert-OH is 1. The molecule has 0 saturated carbocycles. The Morgan fingerprint density at radius 3 is 2.24 bits per heavy atom. The Balaban J connectivity index is 2.12. The fraction of sp³-hybridized carbons (Fsp3) is 0.882. The molecule has 0 unspecified atom stereocenters. The van der Waals surface area contributed by atoms with E-state index in [-0.39, 0.29) is 30.8 Å². The summed E-state index contributed by atoms with van der Waals surface area (Å²) in [5.74, 6) is -5.12. The molecule has 46 heavy (non-hydrogen) atoms. The number of fused-ring (bicyclic) bond motifs is 1. The highest BCUT2D eigenvalue weighted by Crippen LogP contribution is 2.45. The van der Waals surface area contributed by atoms with Crippen molar-refractivity contribution < 1.29 is 52.7 Å². The number of nitrogens with zero attached hydrogens (tertiary/aromatic N) is 1. The summed E-state index contributed by atoms with van der Waals surface area (Å²) in [6.07, 6.45) is -3.96. The molecule has 12 heteroatoms. The molecule has 0 aliphatic carbocycles. The van der Waals surface area contributed by atoms with Gasteiger partial charge in [0.2, 0.25) is 0 Å². The third kappa shape index (κ3) is 7.77. The van der Waals surface area contributed by atoms with Crippen LogP contribution in [0.15, 0.2) is 0 Å². The summed E-state index contributed by atoms with van der Waals surface area (Å²) in [4.78, 5) is 54.6. The van der Waals surface area contributed by atoms with E-state index in [1.165, 1.54) is 14.0 Å². The quantitative estimate of drug-likeness (QED) is 0.331. The average molecular weight is 656 g/mol. The van der Waals surface area contributed by atoms with E-state index in [4.69, 9.17) is 28.4 Å². The molecular formula is C34H57NO11. The van der Waals surface area contributed by atoms with Crippen molar-refractivity contribution in [2.45, 2.75) is 142 Å². The van der Waals surface area contributed by atoms with Gasteiger partial charge >= 0.3 is 17.9 Å². The molecule has 0 aromatic heterocycles. The third-order valence-electron chi connectivity index (χ3n) is 10.8. The molecule has 12 nitrogen and oxygen atoms in total. The summed E-state index contributed by atoms with van der Waals surface area (Å²) >= 11 is 0. The normalized spacial score (nSPS) is 44.6. The lowest BCUT2D eigenvalue weighted by atomic mass is 9.70. The lowest BCUT2D eigenvalue weighted by molar-refractivity contribution is -0.303. The van der Waals surface area contributed by atoms with Gasteiger partial charge in [-0.3, -0.25) is 19.2 Å². The van der Waals surface area contributed by atoms with E-state index in [9.17, 15) is 24.3 Å². The van der Waals surface area contributed by atoms with Crippen molar-refractivity contribution in [2.75, 3.05) is 21.2 Å². The highest BCUT2D eigenvalue weighted by molar-refractivity contribution is 5.85. The molecular weight excluding hydrogens is 598 g/mol. The molecule has 0 spiro atoms. The van der Waals surface area contributed by atoms with Gasteiger partial charge in [0, 0.05) is 37.7 Å². The van der Waals surface area contributed by atoms with Crippen molar-refractivity contribution in [3.05, 3.63) is 0 Å². The predicted molar refractivity (Wildman–Crippen MR) is 167 cm³/mol. The molecule has 0 aromatic rings. The van der Waals surface area contributed by atoms with Crippen LogP contribution in [0, 0.1) is 29.6 Å². The molecule has 3 rings (SSSR count). The van der Waals surface area contributed by atoms with Gasteiger partial charge in [-0.15, -0.1) is 0 Å². The Kier molecular flexibility index (Phi) is 12.5. The molecule has 264 valence electrons. The van der Waals surface area contributed by atoms with Crippen LogP contribution >= 0.6 is 0 Å². The van der Waals surface area contributed by atoms with E-state index < -0.39 is 89.4 Å². The lowest BCUT2D eigenvalue weighted by Crippen LogP contribution is -2.60. The number of carbonyl (C=O) groups excluding carboxylic acids is 4. The maximum Gasteiger partial charge on any atom is 0.311 e. The van der Waals surface area contributed by atoms with E-state index >= 15 is 0 Å². The zero-order chi connectivity index (χ0) is 34.9. The van der Waals surface area contributed by atoms with Crippen LogP contribution < -0.4 is 0 Å². The van der Waals surface area contributed by atoms with Gasteiger partial charge in [0.25, 0.3) is 0 Å². The Morgan fingerprint density at radius 1 is 1.07 bits per heavy atom. The van der Waals surface area contributed by atoms with Gasteiger partial charge in [0.1, 0.15) is 17.5 Å². The average Bonchev–Trinajstić information content (AvgIpc) is 3.30. The fourth-order valence-electron chi connectivity index (χ4n) is 7.95. The number of Topliss-reactive ketones (excluding diaryl/α,β-unsaturated/α-hetero) is 1. The van der Waals surface area contributed by atoms with Crippen LogP contribution in [0.1, 0.15) is 88.0 Å². The lowest BCUT2D eigenvalue weighted by Gasteiger charge is -2.48. The largest absolute Gasteiger partial charge is 0.458 e. The zero-order valence-corrected chi connectivity index (χ0v) is 29.7. The van der Waals surface area contributed by atoms with Gasteiger partial charge in [-0.25, -0.2) is 0 Å². The molecule has 3 aliphatic heterocycles. The third-order valence-corrected chi connectivity index (χ3v) is 10.8. The Labute approximate surface area is 274 Å². The van der Waals surface area contributed by atoms with E-state index in [0.29, 0.717) is 12.8 Å². The number of methoxy groups -OCH3 is 1. The Hall–Kier alpha value is -2.12. The number of carbonyl (C=O) groups is 4. The number of cyclic esters (lactones) is 1. The van der Waals surface area contributed by atoms with E-state index in [0.717, 1.165) is 0 Å². The van der Waals surface area contributed by atoms with Crippen LogP contribution in [0.25, 0.3) is 0 Å². The molecule has 0 aromatic carbocycles. The highest BCUT2D eigenvalue weighted by Gasteiger charge is 2.57. The number of ketones is 1. The first-order valence-electron chi connectivity index (χ1n) is 16.6. The van der Waals surface area contributed by atoms with Gasteiger partial charge in [-0.2, -0.15) is 0 Å². The van der Waals surface area contributed by atoms with Crippen molar-refractivity contribution in [1.29, 1.82) is 0 Å². The van der Waals surface area contributed by atoms with Crippen LogP contribution in [0.3, 0.4) is 0 Å². The van der Waals surface area contributed by atoms with Crippen LogP contribution in [0.5, 0.6) is 0 Å². The van der Waals surface area contributed by atoms with Crippen LogP contribution in [0.2, 0.25) is 0 Å². The van der Waals surface area contributed by atoms with Crippen molar-refractivity contribution in [2.24, 2.45) is 29.6 Å². The van der Waals surface area contributed by atoms with Gasteiger partial charge in [0.15, 0.2) is 12.4 Å². The fourth-order valence-corrected chi connectivity index (χ4v) is 7.95. The predicted octanol–water partition coefficient (Wildman–Crippen LogP) is 3.30. The molecule has 0 amide bonds. The van der Waals surface area contributed by atoms with Gasteiger partial charge in [0.05, 0.1) is 42.3 Å². The van der Waals surface area contributed by atoms with Crippen molar-refractivity contribution >= 4 is 23.7 Å². The SMILES string of the molecule is CC[C@H]1OC(=O)[C@H](C)[C@@H](O)[C@H](C)[C@@H](O[C@@H]2O[C@H](C)C[C@H](N(C)C)[C@H]2OC(C)=O)[C@](C)(OC)C[C@@H](C)C(=O)[C@H](C)[C@H]2CC(=O)O[C@@]21C.